The summed E-state index contributed by atoms with van der Waals surface area (Å²) >= 11 is 0. The summed E-state index contributed by atoms with van der Waals surface area (Å²) in [7, 11) is 0. The molecule has 2 aromatic heterocycles. The quantitative estimate of drug-likeness (QED) is 0.870. The van der Waals surface area contributed by atoms with Gasteiger partial charge in [-0.1, -0.05) is 0 Å². The van der Waals surface area contributed by atoms with Crippen molar-refractivity contribution in [1.29, 1.82) is 0 Å². The van der Waals surface area contributed by atoms with E-state index in [-0.39, 0.29) is 5.60 Å². The SMILES string of the molecule is c1cn([C@@H]2CO[C@@]3(CCCN(Cc4ccoc4)C3)C2)cn1. The normalized spacial score (nSPS) is 30.2. The molecule has 21 heavy (non-hydrogen) atoms. The van der Waals surface area contributed by atoms with Crippen molar-refractivity contribution in [3.8, 4) is 0 Å². The van der Waals surface area contributed by atoms with Crippen LogP contribution in [0.25, 0.3) is 0 Å². The Morgan fingerprint density at radius 3 is 3.24 bits per heavy atom. The van der Waals surface area contributed by atoms with E-state index in [0.717, 1.165) is 32.7 Å². The van der Waals surface area contributed by atoms with Crippen LogP contribution >= 0.6 is 0 Å². The Balaban J connectivity index is 1.43. The van der Waals surface area contributed by atoms with E-state index in [1.165, 1.54) is 18.4 Å². The molecule has 0 radical (unpaired) electrons. The summed E-state index contributed by atoms with van der Waals surface area (Å²) in [4.78, 5) is 6.64. The van der Waals surface area contributed by atoms with Crippen LogP contribution in [0.4, 0.5) is 0 Å². The van der Waals surface area contributed by atoms with Crippen LogP contribution in [0, 0.1) is 0 Å². The van der Waals surface area contributed by atoms with E-state index in [1.54, 1.807) is 6.26 Å². The lowest BCUT2D eigenvalue weighted by Gasteiger charge is -2.39. The van der Waals surface area contributed by atoms with Crippen LogP contribution in [0.15, 0.2) is 41.7 Å². The van der Waals surface area contributed by atoms with Crippen molar-refractivity contribution in [3.05, 3.63) is 42.9 Å². The Hall–Kier alpha value is -1.59. The number of hydrogen-bond acceptors (Lipinski definition) is 4. The molecule has 4 heterocycles. The molecule has 0 saturated carbocycles. The van der Waals surface area contributed by atoms with Crippen LogP contribution in [0.3, 0.4) is 0 Å². The van der Waals surface area contributed by atoms with Gasteiger partial charge in [0.05, 0.1) is 37.1 Å². The number of piperidine rings is 1. The van der Waals surface area contributed by atoms with Crippen LogP contribution in [0.5, 0.6) is 0 Å². The zero-order chi connectivity index (χ0) is 14.1. The average Bonchev–Trinajstić information content (AvgIpc) is 3.20. The first-order valence-corrected chi connectivity index (χ1v) is 7.68. The van der Waals surface area contributed by atoms with Crippen molar-refractivity contribution in [3.63, 3.8) is 0 Å². The molecule has 0 bridgehead atoms. The molecule has 4 rings (SSSR count). The summed E-state index contributed by atoms with van der Waals surface area (Å²) < 4.78 is 13.6. The van der Waals surface area contributed by atoms with E-state index in [2.05, 4.69) is 14.5 Å². The summed E-state index contributed by atoms with van der Waals surface area (Å²) in [5, 5.41) is 0. The molecule has 2 aliphatic heterocycles. The van der Waals surface area contributed by atoms with Gasteiger partial charge in [-0.2, -0.15) is 0 Å². The first-order chi connectivity index (χ1) is 10.3. The van der Waals surface area contributed by atoms with Gasteiger partial charge in [0.15, 0.2) is 0 Å². The van der Waals surface area contributed by atoms with Crippen molar-refractivity contribution < 1.29 is 9.15 Å². The van der Waals surface area contributed by atoms with Crippen molar-refractivity contribution >= 4 is 0 Å². The minimum Gasteiger partial charge on any atom is -0.472 e. The van der Waals surface area contributed by atoms with E-state index in [9.17, 15) is 0 Å². The van der Waals surface area contributed by atoms with Crippen LogP contribution in [-0.4, -0.2) is 39.7 Å². The minimum absolute atomic E-state index is 0.0247. The molecule has 2 aliphatic rings. The number of ether oxygens (including phenoxy) is 1. The van der Waals surface area contributed by atoms with Gasteiger partial charge >= 0.3 is 0 Å². The standard InChI is InChI=1S/C16H21N3O2/c1-3-16(8-15(11-21-16)19-6-4-17-13-19)12-18(5-1)9-14-2-7-20-10-14/h2,4,6-7,10,13,15H,1,3,5,8-9,11-12H2/t15-,16-/m0/s1. The number of likely N-dealkylation sites (tertiary alicyclic amines) is 1. The minimum atomic E-state index is 0.0247. The molecule has 2 saturated heterocycles. The predicted molar refractivity (Wildman–Crippen MR) is 77.8 cm³/mol. The lowest BCUT2D eigenvalue weighted by molar-refractivity contribution is -0.0535. The fourth-order valence-electron chi connectivity index (χ4n) is 3.75. The molecule has 0 N–H and O–H groups in total. The van der Waals surface area contributed by atoms with E-state index in [0.29, 0.717) is 6.04 Å². The second kappa shape index (κ2) is 5.31. The van der Waals surface area contributed by atoms with Gasteiger partial charge in [0.2, 0.25) is 0 Å². The summed E-state index contributed by atoms with van der Waals surface area (Å²) in [5.41, 5.74) is 1.27. The van der Waals surface area contributed by atoms with Crippen LogP contribution in [0.1, 0.15) is 30.9 Å². The second-order valence-electron chi connectivity index (χ2n) is 6.31. The summed E-state index contributed by atoms with van der Waals surface area (Å²) in [6.07, 6.45) is 12.8. The Morgan fingerprint density at radius 2 is 2.43 bits per heavy atom. The Bertz CT molecular complexity index is 566. The molecule has 5 heteroatoms. The molecule has 2 fully saturated rings. The molecular formula is C16H21N3O2. The molecule has 0 aromatic carbocycles. The number of imidazole rings is 1. The Morgan fingerprint density at radius 1 is 1.43 bits per heavy atom. The fraction of sp³-hybridized carbons (Fsp3) is 0.562. The third kappa shape index (κ3) is 2.63. The summed E-state index contributed by atoms with van der Waals surface area (Å²) in [6, 6.07) is 2.48. The summed E-state index contributed by atoms with van der Waals surface area (Å²) in [5.74, 6) is 0. The number of aromatic nitrogens is 2. The number of nitrogens with zero attached hydrogens (tertiary/aromatic N) is 3. The fourth-order valence-corrected chi connectivity index (χ4v) is 3.75. The number of furan rings is 1. The van der Waals surface area contributed by atoms with Gasteiger partial charge in [-0.15, -0.1) is 0 Å². The van der Waals surface area contributed by atoms with Crippen molar-refractivity contribution in [2.75, 3.05) is 19.7 Å². The highest BCUT2D eigenvalue weighted by molar-refractivity contribution is 5.06. The smallest absolute Gasteiger partial charge is 0.0949 e. The van der Waals surface area contributed by atoms with Gasteiger partial charge in [-0.05, 0) is 25.5 Å². The second-order valence-corrected chi connectivity index (χ2v) is 6.31. The molecule has 0 amide bonds. The maximum absolute atomic E-state index is 6.25. The zero-order valence-corrected chi connectivity index (χ0v) is 12.1. The van der Waals surface area contributed by atoms with Gasteiger partial charge in [0.25, 0.3) is 0 Å². The highest BCUT2D eigenvalue weighted by Gasteiger charge is 2.43. The monoisotopic (exact) mass is 287 g/mol. The van der Waals surface area contributed by atoms with Gasteiger partial charge in [0, 0.05) is 37.5 Å². The molecule has 2 aromatic rings. The largest absolute Gasteiger partial charge is 0.472 e. The molecule has 0 unspecified atom stereocenters. The van der Waals surface area contributed by atoms with Crippen molar-refractivity contribution in [1.82, 2.24) is 14.5 Å². The average molecular weight is 287 g/mol. The molecular weight excluding hydrogens is 266 g/mol. The first kappa shape index (κ1) is 13.1. The van der Waals surface area contributed by atoms with Gasteiger partial charge in [-0.3, -0.25) is 4.90 Å². The van der Waals surface area contributed by atoms with E-state index < -0.39 is 0 Å². The highest BCUT2D eigenvalue weighted by atomic mass is 16.5. The van der Waals surface area contributed by atoms with E-state index >= 15 is 0 Å². The first-order valence-electron chi connectivity index (χ1n) is 7.68. The highest BCUT2D eigenvalue weighted by Crippen LogP contribution is 2.39. The molecule has 5 nitrogen and oxygen atoms in total. The predicted octanol–water partition coefficient (Wildman–Crippen LogP) is 2.47. The Kier molecular flexibility index (Phi) is 3.31. The number of hydrogen-bond donors (Lipinski definition) is 0. The topological polar surface area (TPSA) is 43.4 Å². The molecule has 2 atom stereocenters. The zero-order valence-electron chi connectivity index (χ0n) is 12.1. The third-order valence-corrected chi connectivity index (χ3v) is 4.74. The van der Waals surface area contributed by atoms with E-state index in [4.69, 9.17) is 9.15 Å². The molecule has 1 spiro atoms. The van der Waals surface area contributed by atoms with Crippen LogP contribution < -0.4 is 0 Å². The maximum atomic E-state index is 6.25. The molecule has 0 aliphatic carbocycles. The van der Waals surface area contributed by atoms with E-state index in [1.807, 2.05) is 31.1 Å². The Labute approximate surface area is 124 Å². The lowest BCUT2D eigenvalue weighted by atomic mass is 9.88. The van der Waals surface area contributed by atoms with Gasteiger partial charge in [-0.25, -0.2) is 4.98 Å². The van der Waals surface area contributed by atoms with Gasteiger partial charge in [0.1, 0.15) is 0 Å². The van der Waals surface area contributed by atoms with Gasteiger partial charge < -0.3 is 13.7 Å². The number of rotatable bonds is 3. The van der Waals surface area contributed by atoms with Crippen molar-refractivity contribution in [2.45, 2.75) is 37.5 Å². The summed E-state index contributed by atoms with van der Waals surface area (Å²) in [6.45, 7) is 3.92. The lowest BCUT2D eigenvalue weighted by Crippen LogP contribution is -2.47. The van der Waals surface area contributed by atoms with Crippen LogP contribution in [0.2, 0.25) is 0 Å². The molecule has 112 valence electrons. The maximum Gasteiger partial charge on any atom is 0.0949 e. The van der Waals surface area contributed by atoms with Crippen LogP contribution in [-0.2, 0) is 11.3 Å². The van der Waals surface area contributed by atoms with Crippen molar-refractivity contribution in [2.24, 2.45) is 0 Å². The third-order valence-electron chi connectivity index (χ3n) is 4.74.